The van der Waals surface area contributed by atoms with Gasteiger partial charge < -0.3 is 24.4 Å². The molecule has 1 fully saturated rings. The summed E-state index contributed by atoms with van der Waals surface area (Å²) in [6.07, 6.45) is 1.04. The van der Waals surface area contributed by atoms with E-state index in [0.29, 0.717) is 29.7 Å². The fraction of sp³-hybridized carbons (Fsp3) is 0.435. The molecule has 2 aliphatic heterocycles. The second-order valence-corrected chi connectivity index (χ2v) is 8.02. The fourth-order valence-corrected chi connectivity index (χ4v) is 4.03. The number of amides is 1. The maximum absolute atomic E-state index is 12.6. The van der Waals surface area contributed by atoms with Crippen LogP contribution in [0.4, 0.5) is 5.69 Å². The Hall–Kier alpha value is -2.44. The highest BCUT2D eigenvalue weighted by Crippen LogP contribution is 2.38. The Balaban J connectivity index is 1.37. The third-order valence-corrected chi connectivity index (χ3v) is 5.65. The van der Waals surface area contributed by atoms with Crippen LogP contribution in [0.25, 0.3) is 0 Å². The number of hydrogen-bond acceptors (Lipinski definition) is 5. The van der Waals surface area contributed by atoms with E-state index >= 15 is 0 Å². The highest BCUT2D eigenvalue weighted by molar-refractivity contribution is 6.32. The molecular formula is C23H27ClN2O4. The van der Waals surface area contributed by atoms with Gasteiger partial charge in [-0.2, -0.15) is 0 Å². The number of fused-ring (bicyclic) bond motifs is 1. The van der Waals surface area contributed by atoms with Crippen LogP contribution in [-0.2, 0) is 16.0 Å². The van der Waals surface area contributed by atoms with Gasteiger partial charge in [0, 0.05) is 25.2 Å². The first-order valence-electron chi connectivity index (χ1n) is 10.4. The predicted octanol–water partition coefficient (Wildman–Crippen LogP) is 3.76. The fourth-order valence-electron chi connectivity index (χ4n) is 3.74. The van der Waals surface area contributed by atoms with E-state index in [4.69, 9.17) is 25.8 Å². The van der Waals surface area contributed by atoms with Crippen LogP contribution in [-0.4, -0.2) is 45.4 Å². The van der Waals surface area contributed by atoms with Crippen LogP contribution in [0.1, 0.15) is 30.5 Å². The molecule has 0 spiro atoms. The van der Waals surface area contributed by atoms with Crippen molar-refractivity contribution in [1.29, 1.82) is 0 Å². The third kappa shape index (κ3) is 4.99. The monoisotopic (exact) mass is 430 g/mol. The lowest BCUT2D eigenvalue weighted by Gasteiger charge is -2.29. The Morgan fingerprint density at radius 2 is 1.83 bits per heavy atom. The number of benzene rings is 2. The molecule has 7 heteroatoms. The molecule has 30 heavy (non-hydrogen) atoms. The highest BCUT2D eigenvalue weighted by Gasteiger charge is 2.18. The van der Waals surface area contributed by atoms with Crippen LogP contribution in [0.5, 0.6) is 11.5 Å². The Labute approximate surface area is 182 Å². The topological polar surface area (TPSA) is 60.0 Å². The molecule has 1 saturated heterocycles. The maximum atomic E-state index is 12.6. The normalized spacial score (nSPS) is 17.2. The van der Waals surface area contributed by atoms with E-state index in [2.05, 4.69) is 34.5 Å². The van der Waals surface area contributed by atoms with Gasteiger partial charge >= 0.3 is 0 Å². The van der Waals surface area contributed by atoms with Crippen LogP contribution < -0.4 is 19.7 Å². The van der Waals surface area contributed by atoms with E-state index in [-0.39, 0.29) is 18.4 Å². The minimum absolute atomic E-state index is 0.0645. The Bertz CT molecular complexity index is 882. The number of morpholine rings is 1. The van der Waals surface area contributed by atoms with Crippen molar-refractivity contribution in [2.24, 2.45) is 0 Å². The number of anilines is 1. The SMILES string of the molecule is CC(NC(=O)Cc1cc(Cl)c2c(c1)OCCCO2)c1ccc(N2CCOCC2)cc1. The summed E-state index contributed by atoms with van der Waals surface area (Å²) in [5, 5.41) is 3.54. The molecule has 2 aromatic carbocycles. The largest absolute Gasteiger partial charge is 0.489 e. The van der Waals surface area contributed by atoms with Gasteiger partial charge in [-0.25, -0.2) is 0 Å². The lowest BCUT2D eigenvalue weighted by molar-refractivity contribution is -0.121. The Kier molecular flexibility index (Phi) is 6.65. The Morgan fingerprint density at radius 1 is 1.10 bits per heavy atom. The number of nitrogens with zero attached hydrogens (tertiary/aromatic N) is 1. The second kappa shape index (κ2) is 9.58. The van der Waals surface area contributed by atoms with Crippen molar-refractivity contribution in [1.82, 2.24) is 5.32 Å². The van der Waals surface area contributed by atoms with Crippen molar-refractivity contribution in [2.45, 2.75) is 25.8 Å². The van der Waals surface area contributed by atoms with Crippen LogP contribution in [0, 0.1) is 0 Å². The molecule has 1 unspecified atom stereocenters. The number of ether oxygens (including phenoxy) is 3. The molecule has 4 rings (SSSR count). The van der Waals surface area contributed by atoms with E-state index in [1.807, 2.05) is 13.0 Å². The van der Waals surface area contributed by atoms with E-state index in [0.717, 1.165) is 43.9 Å². The first-order chi connectivity index (χ1) is 14.6. The number of nitrogens with one attached hydrogen (secondary N) is 1. The van der Waals surface area contributed by atoms with Crippen LogP contribution in [0.2, 0.25) is 5.02 Å². The van der Waals surface area contributed by atoms with Crippen molar-refractivity contribution in [2.75, 3.05) is 44.4 Å². The molecule has 1 N–H and O–H groups in total. The molecule has 2 aromatic rings. The molecule has 0 radical (unpaired) electrons. The van der Waals surface area contributed by atoms with Gasteiger partial charge in [0.05, 0.1) is 43.9 Å². The predicted molar refractivity (Wildman–Crippen MR) is 117 cm³/mol. The van der Waals surface area contributed by atoms with Crippen molar-refractivity contribution in [3.8, 4) is 11.5 Å². The zero-order valence-corrected chi connectivity index (χ0v) is 17.9. The number of carbonyl (C=O) groups is 1. The summed E-state index contributed by atoms with van der Waals surface area (Å²) in [6, 6.07) is 11.9. The van der Waals surface area contributed by atoms with Gasteiger partial charge in [0.1, 0.15) is 0 Å². The minimum Gasteiger partial charge on any atom is -0.489 e. The van der Waals surface area contributed by atoms with Crippen molar-refractivity contribution >= 4 is 23.2 Å². The molecule has 0 aromatic heterocycles. The summed E-state index contributed by atoms with van der Waals surface area (Å²) in [6.45, 7) is 6.48. The number of rotatable bonds is 5. The molecule has 0 aliphatic carbocycles. The van der Waals surface area contributed by atoms with Crippen LogP contribution in [0.3, 0.4) is 0 Å². The van der Waals surface area contributed by atoms with E-state index < -0.39 is 0 Å². The summed E-state index contributed by atoms with van der Waals surface area (Å²) in [7, 11) is 0. The average Bonchev–Trinajstić information content (AvgIpc) is 3.00. The molecular weight excluding hydrogens is 404 g/mol. The Morgan fingerprint density at radius 3 is 2.60 bits per heavy atom. The quantitative estimate of drug-likeness (QED) is 0.782. The summed E-state index contributed by atoms with van der Waals surface area (Å²) in [4.78, 5) is 14.9. The second-order valence-electron chi connectivity index (χ2n) is 7.61. The number of halogens is 1. The molecule has 2 heterocycles. The lowest BCUT2D eigenvalue weighted by atomic mass is 10.1. The molecule has 160 valence electrons. The highest BCUT2D eigenvalue weighted by atomic mass is 35.5. The van der Waals surface area contributed by atoms with E-state index in [9.17, 15) is 4.79 Å². The molecule has 6 nitrogen and oxygen atoms in total. The zero-order valence-electron chi connectivity index (χ0n) is 17.2. The standard InChI is InChI=1S/C23H27ClN2O4/c1-16(18-3-5-19(6-4-18)26-7-11-28-12-8-26)25-22(27)15-17-13-20(24)23-21(14-17)29-9-2-10-30-23/h3-6,13-14,16H,2,7-12,15H2,1H3,(H,25,27). The van der Waals surface area contributed by atoms with Crippen LogP contribution in [0.15, 0.2) is 36.4 Å². The van der Waals surface area contributed by atoms with Gasteiger partial charge in [0.25, 0.3) is 0 Å². The van der Waals surface area contributed by atoms with Gasteiger partial charge in [-0.1, -0.05) is 23.7 Å². The number of hydrogen-bond donors (Lipinski definition) is 1. The summed E-state index contributed by atoms with van der Waals surface area (Å²) < 4.78 is 16.8. The van der Waals surface area contributed by atoms with Gasteiger partial charge in [0.15, 0.2) is 11.5 Å². The van der Waals surface area contributed by atoms with Gasteiger partial charge in [-0.3, -0.25) is 4.79 Å². The van der Waals surface area contributed by atoms with E-state index in [1.165, 1.54) is 5.69 Å². The van der Waals surface area contributed by atoms with Gasteiger partial charge in [-0.15, -0.1) is 0 Å². The summed E-state index contributed by atoms with van der Waals surface area (Å²) >= 11 is 6.34. The smallest absolute Gasteiger partial charge is 0.224 e. The van der Waals surface area contributed by atoms with Crippen molar-refractivity contribution < 1.29 is 19.0 Å². The molecule has 1 atom stereocenters. The zero-order chi connectivity index (χ0) is 20.9. The maximum Gasteiger partial charge on any atom is 0.224 e. The first kappa shape index (κ1) is 20.8. The summed E-state index contributed by atoms with van der Waals surface area (Å²) in [5.41, 5.74) is 3.05. The summed E-state index contributed by atoms with van der Waals surface area (Å²) in [5.74, 6) is 1.10. The molecule has 0 bridgehead atoms. The average molecular weight is 431 g/mol. The van der Waals surface area contributed by atoms with Crippen LogP contribution >= 0.6 is 11.6 Å². The molecule has 1 amide bonds. The first-order valence-corrected chi connectivity index (χ1v) is 10.8. The number of carbonyl (C=O) groups excluding carboxylic acids is 1. The van der Waals surface area contributed by atoms with Gasteiger partial charge in [-0.05, 0) is 42.3 Å². The lowest BCUT2D eigenvalue weighted by Crippen LogP contribution is -2.36. The van der Waals surface area contributed by atoms with Crippen molar-refractivity contribution in [3.05, 3.63) is 52.5 Å². The molecule has 2 aliphatic rings. The molecule has 0 saturated carbocycles. The third-order valence-electron chi connectivity index (χ3n) is 5.37. The minimum atomic E-state index is -0.0906. The van der Waals surface area contributed by atoms with E-state index in [1.54, 1.807) is 6.07 Å². The van der Waals surface area contributed by atoms with Gasteiger partial charge in [0.2, 0.25) is 5.91 Å². The van der Waals surface area contributed by atoms with Crippen molar-refractivity contribution in [3.63, 3.8) is 0 Å².